The lowest BCUT2D eigenvalue weighted by Crippen LogP contribution is -2.54. The summed E-state index contributed by atoms with van der Waals surface area (Å²) in [6.45, 7) is 8.74. The van der Waals surface area contributed by atoms with Crippen LogP contribution in [-0.4, -0.2) is 105 Å². The highest BCUT2D eigenvalue weighted by atomic mass is 16.5. The molecule has 2 aromatic heterocycles. The van der Waals surface area contributed by atoms with Gasteiger partial charge in [-0.1, -0.05) is 12.1 Å². The summed E-state index contributed by atoms with van der Waals surface area (Å²) in [5, 5.41) is 20.5. The van der Waals surface area contributed by atoms with Gasteiger partial charge in [-0.15, -0.1) is 5.10 Å². The molecule has 4 aromatic rings. The zero-order valence-corrected chi connectivity index (χ0v) is 33.8. The average molecular weight is 806 g/mol. The number of aromatic nitrogens is 5. The molecule has 7 heterocycles. The molecule has 0 saturated carbocycles. The number of anilines is 4. The van der Waals surface area contributed by atoms with Crippen LogP contribution < -0.4 is 31.9 Å². The number of rotatable bonds is 10. The highest BCUT2D eigenvalue weighted by Crippen LogP contribution is 2.39. The Balaban J connectivity index is 0.744. The van der Waals surface area contributed by atoms with Crippen LogP contribution in [0, 0.1) is 11.3 Å². The van der Waals surface area contributed by atoms with E-state index in [4.69, 9.17) is 15.5 Å². The average Bonchev–Trinajstić information content (AvgIpc) is 3.53. The van der Waals surface area contributed by atoms with E-state index in [2.05, 4.69) is 71.8 Å². The Hall–Kier alpha value is -5.16. The van der Waals surface area contributed by atoms with Crippen LogP contribution in [0.3, 0.4) is 0 Å². The van der Waals surface area contributed by atoms with Crippen LogP contribution in [0.15, 0.2) is 59.5 Å². The number of ether oxygens (including phenoxy) is 1. The van der Waals surface area contributed by atoms with Gasteiger partial charge in [0.1, 0.15) is 23.8 Å². The van der Waals surface area contributed by atoms with Crippen molar-refractivity contribution in [2.24, 2.45) is 24.1 Å². The normalized spacial score (nSPS) is 22.3. The minimum Gasteiger partial charge on any atom is -0.380 e. The molecule has 5 fully saturated rings. The number of amides is 2. The molecule has 59 heavy (non-hydrogen) atoms. The summed E-state index contributed by atoms with van der Waals surface area (Å²) >= 11 is 0. The number of carbonyl (C=O) groups excluding carboxylic acids is 2. The molecule has 16 heteroatoms. The van der Waals surface area contributed by atoms with E-state index in [1.165, 1.54) is 21.2 Å². The van der Waals surface area contributed by atoms with Crippen molar-refractivity contribution in [1.82, 2.24) is 34.5 Å². The highest BCUT2D eigenvalue weighted by Gasteiger charge is 2.42. The number of piperidine rings is 4. The molecular weight excluding hydrogens is 751 g/mol. The Labute approximate surface area is 343 Å². The van der Waals surface area contributed by atoms with Crippen LogP contribution in [0.1, 0.15) is 80.8 Å². The molecule has 5 aliphatic heterocycles. The SMILES string of the molecule is Cn1c(-c2ccc(N3CCC(CN4CCC(c5ccc(Nc6nc(N7CCCC8(COC8)C7)cnc6C(N)O)cc5)CC4)CC3)cc2)nn(C2CCC(=O)NC2=O)c1=O. The number of hydrogen-bond acceptors (Lipinski definition) is 13. The van der Waals surface area contributed by atoms with Gasteiger partial charge in [-0.3, -0.25) is 19.5 Å². The second kappa shape index (κ2) is 16.5. The summed E-state index contributed by atoms with van der Waals surface area (Å²) in [6.07, 6.45) is 7.75. The fourth-order valence-electron chi connectivity index (χ4n) is 9.69. The molecule has 0 aliphatic carbocycles. The zero-order valence-electron chi connectivity index (χ0n) is 33.8. The van der Waals surface area contributed by atoms with E-state index in [-0.39, 0.29) is 29.9 Å². The van der Waals surface area contributed by atoms with E-state index in [1.807, 2.05) is 12.1 Å². The number of aliphatic hydroxyl groups is 1. The molecule has 5 saturated heterocycles. The fourth-order valence-corrected chi connectivity index (χ4v) is 9.69. The molecule has 1 spiro atoms. The van der Waals surface area contributed by atoms with Crippen molar-refractivity contribution in [3.05, 3.63) is 76.5 Å². The van der Waals surface area contributed by atoms with Gasteiger partial charge in [-0.25, -0.2) is 19.4 Å². The summed E-state index contributed by atoms with van der Waals surface area (Å²) < 4.78 is 8.20. The molecule has 2 atom stereocenters. The molecule has 9 rings (SSSR count). The maximum atomic E-state index is 13.0. The maximum absolute atomic E-state index is 13.0. The number of nitrogens with two attached hydrogens (primary N) is 1. The molecule has 5 aliphatic rings. The second-order valence-corrected chi connectivity index (χ2v) is 17.3. The lowest BCUT2D eigenvalue weighted by molar-refractivity contribution is -0.136. The lowest BCUT2D eigenvalue weighted by atomic mass is 9.78. The molecule has 0 radical (unpaired) electrons. The third-order valence-electron chi connectivity index (χ3n) is 13.2. The monoisotopic (exact) mass is 805 g/mol. The number of nitrogens with one attached hydrogen (secondary N) is 2. The van der Waals surface area contributed by atoms with Gasteiger partial charge in [0.15, 0.2) is 11.6 Å². The summed E-state index contributed by atoms with van der Waals surface area (Å²) in [6, 6.07) is 15.9. The van der Waals surface area contributed by atoms with Crippen molar-refractivity contribution < 1.29 is 19.4 Å². The summed E-state index contributed by atoms with van der Waals surface area (Å²) in [4.78, 5) is 53.8. The summed E-state index contributed by atoms with van der Waals surface area (Å²) in [5.41, 5.74) is 10.2. The number of hydrogen-bond donors (Lipinski definition) is 4. The number of aliphatic hydroxyl groups excluding tert-OH is 1. The van der Waals surface area contributed by atoms with Crippen LogP contribution >= 0.6 is 0 Å². The van der Waals surface area contributed by atoms with Crippen LogP contribution in [0.2, 0.25) is 0 Å². The van der Waals surface area contributed by atoms with Gasteiger partial charge >= 0.3 is 5.69 Å². The standard InChI is InChI=1S/C43H55N11O5/c1-50-40(49-54(42(50)58)34-11-12-36(55)48-41(34)57)31-5-9-33(10-6-31)52-21-13-28(14-22-52)24-51-19-15-30(16-20-51)29-3-7-32(8-4-29)46-39-37(38(44)56)45-23-35(47-39)53-18-2-17-43(25-53)26-59-27-43/h3-10,23,28,30,34,38,56H,2,11-22,24-27,44H2,1H3,(H,46,47)(H,48,55,57). The van der Waals surface area contributed by atoms with Crippen LogP contribution in [0.25, 0.3) is 11.4 Å². The van der Waals surface area contributed by atoms with Gasteiger partial charge < -0.3 is 35.6 Å². The Morgan fingerprint density at radius 1 is 0.949 bits per heavy atom. The third kappa shape index (κ3) is 8.23. The van der Waals surface area contributed by atoms with Gasteiger partial charge in [0.05, 0.1) is 19.4 Å². The van der Waals surface area contributed by atoms with Crippen molar-refractivity contribution in [2.75, 3.05) is 74.1 Å². The number of imide groups is 1. The molecule has 5 N–H and O–H groups in total. The smallest absolute Gasteiger partial charge is 0.346 e. The molecule has 312 valence electrons. The number of carbonyl (C=O) groups is 2. The quantitative estimate of drug-likeness (QED) is 0.135. The summed E-state index contributed by atoms with van der Waals surface area (Å²) in [5.74, 6) is 2.13. The summed E-state index contributed by atoms with van der Waals surface area (Å²) in [7, 11) is 1.66. The van der Waals surface area contributed by atoms with E-state index in [0.29, 0.717) is 29.2 Å². The minimum atomic E-state index is -1.24. The molecule has 2 unspecified atom stereocenters. The highest BCUT2D eigenvalue weighted by molar-refractivity contribution is 5.99. The first-order valence-electron chi connectivity index (χ1n) is 21.2. The van der Waals surface area contributed by atoms with E-state index in [9.17, 15) is 19.5 Å². The van der Waals surface area contributed by atoms with Gasteiger partial charge in [-0.05, 0) is 112 Å². The van der Waals surface area contributed by atoms with E-state index in [1.54, 1.807) is 13.2 Å². The maximum Gasteiger partial charge on any atom is 0.346 e. The molecular formula is C43H55N11O5. The largest absolute Gasteiger partial charge is 0.380 e. The fraction of sp³-hybridized carbons (Fsp3) is 0.535. The lowest BCUT2D eigenvalue weighted by Gasteiger charge is -2.48. The van der Waals surface area contributed by atoms with Crippen molar-refractivity contribution in [2.45, 2.75) is 69.6 Å². The van der Waals surface area contributed by atoms with Crippen LogP contribution in [0.5, 0.6) is 0 Å². The van der Waals surface area contributed by atoms with Crippen LogP contribution in [0.4, 0.5) is 23.0 Å². The first-order chi connectivity index (χ1) is 28.6. The number of likely N-dealkylation sites (tertiary alicyclic amines) is 1. The first-order valence-corrected chi connectivity index (χ1v) is 21.2. The van der Waals surface area contributed by atoms with Crippen molar-refractivity contribution in [3.8, 4) is 11.4 Å². The van der Waals surface area contributed by atoms with Crippen molar-refractivity contribution in [3.63, 3.8) is 0 Å². The van der Waals surface area contributed by atoms with Gasteiger partial charge in [0.25, 0.3) is 5.91 Å². The van der Waals surface area contributed by atoms with Crippen LogP contribution in [-0.2, 0) is 21.4 Å². The Morgan fingerprint density at radius 3 is 2.37 bits per heavy atom. The number of nitrogens with zero attached hydrogens (tertiary/aromatic N) is 8. The van der Waals surface area contributed by atoms with Crippen molar-refractivity contribution in [1.29, 1.82) is 0 Å². The molecule has 2 amide bonds. The van der Waals surface area contributed by atoms with Gasteiger partial charge in [-0.2, -0.15) is 0 Å². The molecule has 0 bridgehead atoms. The Bertz CT molecular complexity index is 2200. The van der Waals surface area contributed by atoms with E-state index < -0.39 is 18.2 Å². The topological polar surface area (TPSA) is 189 Å². The third-order valence-corrected chi connectivity index (χ3v) is 13.2. The zero-order chi connectivity index (χ0) is 40.7. The minimum absolute atomic E-state index is 0.184. The Kier molecular flexibility index (Phi) is 11.0. The predicted molar refractivity (Wildman–Crippen MR) is 223 cm³/mol. The predicted octanol–water partition coefficient (Wildman–Crippen LogP) is 3.42. The number of benzene rings is 2. The van der Waals surface area contributed by atoms with E-state index >= 15 is 0 Å². The Morgan fingerprint density at radius 2 is 1.69 bits per heavy atom. The van der Waals surface area contributed by atoms with Gasteiger partial charge in [0.2, 0.25) is 5.91 Å². The van der Waals surface area contributed by atoms with Gasteiger partial charge in [0, 0.05) is 68.5 Å². The van der Waals surface area contributed by atoms with E-state index in [0.717, 1.165) is 114 Å². The molecule has 16 nitrogen and oxygen atoms in total. The first kappa shape index (κ1) is 39.3. The van der Waals surface area contributed by atoms with Crippen molar-refractivity contribution >= 4 is 34.8 Å². The molecule has 2 aromatic carbocycles. The second-order valence-electron chi connectivity index (χ2n) is 17.3.